The molecule has 1 aliphatic rings. The first-order chi connectivity index (χ1) is 12.1. The van der Waals surface area contributed by atoms with Crippen molar-refractivity contribution in [3.8, 4) is 5.75 Å². The Kier molecular flexibility index (Phi) is 5.33. The Balaban J connectivity index is 1.58. The minimum absolute atomic E-state index is 0.00560. The minimum atomic E-state index is -0.101. The van der Waals surface area contributed by atoms with Crippen molar-refractivity contribution in [3.63, 3.8) is 0 Å². The molecule has 1 saturated heterocycles. The van der Waals surface area contributed by atoms with Gasteiger partial charge in [0.15, 0.2) is 5.82 Å². The molecule has 1 amide bonds. The molecule has 2 atom stereocenters. The Labute approximate surface area is 146 Å². The number of likely N-dealkylation sites (tertiary alicyclic amines) is 1. The summed E-state index contributed by atoms with van der Waals surface area (Å²) in [5.41, 5.74) is 1.09. The van der Waals surface area contributed by atoms with Gasteiger partial charge in [0, 0.05) is 32.0 Å². The molecule has 2 heterocycles. The number of rotatable bonds is 6. The maximum atomic E-state index is 12.5. The molecule has 1 fully saturated rings. The quantitative estimate of drug-likeness (QED) is 0.854. The summed E-state index contributed by atoms with van der Waals surface area (Å²) in [7, 11) is 1.63. The molecule has 7 heteroatoms. The molecule has 0 saturated carbocycles. The van der Waals surface area contributed by atoms with Crippen molar-refractivity contribution >= 4 is 5.91 Å². The summed E-state index contributed by atoms with van der Waals surface area (Å²) in [6, 6.07) is 7.73. The Morgan fingerprint density at radius 3 is 2.72 bits per heavy atom. The number of carbonyl (C=O) groups is 1. The zero-order chi connectivity index (χ0) is 17.8. The summed E-state index contributed by atoms with van der Waals surface area (Å²) in [5, 5.41) is 13.4. The third kappa shape index (κ3) is 3.99. The second-order valence-corrected chi connectivity index (χ2v) is 6.38. The van der Waals surface area contributed by atoms with E-state index in [-0.39, 0.29) is 24.3 Å². The molecule has 0 bridgehead atoms. The molecule has 0 aliphatic carbocycles. The third-order valence-corrected chi connectivity index (χ3v) is 4.68. The maximum absolute atomic E-state index is 12.5. The smallest absolute Gasteiger partial charge is 0.231 e. The summed E-state index contributed by atoms with van der Waals surface area (Å²) in [5.74, 6) is 1.78. The number of nitrogens with zero attached hydrogens (tertiary/aromatic N) is 3. The van der Waals surface area contributed by atoms with Gasteiger partial charge in [-0.1, -0.05) is 17.3 Å². The summed E-state index contributed by atoms with van der Waals surface area (Å²) in [6.45, 7) is 2.78. The molecule has 1 aromatic carbocycles. The summed E-state index contributed by atoms with van der Waals surface area (Å²) in [4.78, 5) is 18.6. The maximum Gasteiger partial charge on any atom is 0.231 e. The molecule has 7 nitrogen and oxygen atoms in total. The molecule has 0 unspecified atom stereocenters. The van der Waals surface area contributed by atoms with Crippen LogP contribution in [-0.4, -0.2) is 52.9 Å². The lowest BCUT2D eigenvalue weighted by Gasteiger charge is -2.16. The van der Waals surface area contributed by atoms with Crippen molar-refractivity contribution in [2.24, 2.45) is 5.92 Å². The van der Waals surface area contributed by atoms with Crippen LogP contribution in [0, 0.1) is 12.8 Å². The molecule has 1 N–H and O–H groups in total. The number of hydrogen-bond donors (Lipinski definition) is 1. The van der Waals surface area contributed by atoms with Crippen molar-refractivity contribution in [1.29, 1.82) is 0 Å². The van der Waals surface area contributed by atoms with E-state index in [9.17, 15) is 9.90 Å². The van der Waals surface area contributed by atoms with Crippen LogP contribution in [0.5, 0.6) is 5.75 Å². The lowest BCUT2D eigenvalue weighted by molar-refractivity contribution is -0.130. The van der Waals surface area contributed by atoms with Crippen LogP contribution in [-0.2, 0) is 11.2 Å². The molecular weight excluding hydrogens is 322 g/mol. The average molecular weight is 345 g/mol. The first kappa shape index (κ1) is 17.4. The van der Waals surface area contributed by atoms with Crippen molar-refractivity contribution < 1.29 is 19.2 Å². The zero-order valence-corrected chi connectivity index (χ0v) is 14.5. The fourth-order valence-corrected chi connectivity index (χ4v) is 3.21. The number of carbonyl (C=O) groups excluding carboxylic acids is 1. The number of aromatic nitrogens is 2. The van der Waals surface area contributed by atoms with Gasteiger partial charge >= 0.3 is 0 Å². The molecule has 0 spiro atoms. The highest BCUT2D eigenvalue weighted by Crippen LogP contribution is 2.32. The van der Waals surface area contributed by atoms with Gasteiger partial charge < -0.3 is 19.3 Å². The van der Waals surface area contributed by atoms with Gasteiger partial charge in [-0.15, -0.1) is 0 Å². The third-order valence-electron chi connectivity index (χ3n) is 4.68. The molecule has 1 aliphatic heterocycles. The Bertz CT molecular complexity index is 713. The first-order valence-corrected chi connectivity index (χ1v) is 8.42. The van der Waals surface area contributed by atoms with E-state index < -0.39 is 0 Å². The molecule has 0 radical (unpaired) electrons. The van der Waals surface area contributed by atoms with Crippen LogP contribution in [0.15, 0.2) is 28.8 Å². The number of hydrogen-bond acceptors (Lipinski definition) is 6. The van der Waals surface area contributed by atoms with E-state index in [0.29, 0.717) is 37.6 Å². The van der Waals surface area contributed by atoms with Gasteiger partial charge in [0.2, 0.25) is 11.8 Å². The van der Waals surface area contributed by atoms with Crippen LogP contribution < -0.4 is 4.74 Å². The lowest BCUT2D eigenvalue weighted by Crippen LogP contribution is -2.29. The molecule has 3 rings (SSSR count). The number of amides is 1. The summed E-state index contributed by atoms with van der Waals surface area (Å²) in [6.07, 6.45) is 1.10. The van der Waals surface area contributed by atoms with Crippen molar-refractivity contribution in [3.05, 3.63) is 41.5 Å². The zero-order valence-electron chi connectivity index (χ0n) is 14.5. The van der Waals surface area contributed by atoms with Crippen LogP contribution in [0.25, 0.3) is 0 Å². The van der Waals surface area contributed by atoms with Gasteiger partial charge in [0.1, 0.15) is 5.75 Å². The number of aryl methyl sites for hydroxylation is 2. The van der Waals surface area contributed by atoms with E-state index in [1.54, 1.807) is 18.9 Å². The fourth-order valence-electron chi connectivity index (χ4n) is 3.21. The van der Waals surface area contributed by atoms with Gasteiger partial charge in [-0.05, 0) is 31.0 Å². The topological polar surface area (TPSA) is 88.7 Å². The number of benzene rings is 1. The van der Waals surface area contributed by atoms with Crippen LogP contribution in [0.3, 0.4) is 0 Å². The average Bonchev–Trinajstić information content (AvgIpc) is 3.26. The first-order valence-electron chi connectivity index (χ1n) is 8.42. The second kappa shape index (κ2) is 7.65. The SMILES string of the molecule is COc1ccc(CCC(=O)N2C[C@@H](CO)[C@H](c3nc(C)no3)C2)cc1. The van der Waals surface area contributed by atoms with Gasteiger partial charge in [-0.3, -0.25) is 4.79 Å². The van der Waals surface area contributed by atoms with Crippen molar-refractivity contribution in [2.45, 2.75) is 25.7 Å². The minimum Gasteiger partial charge on any atom is -0.497 e. The van der Waals surface area contributed by atoms with E-state index in [0.717, 1.165) is 11.3 Å². The largest absolute Gasteiger partial charge is 0.497 e. The lowest BCUT2D eigenvalue weighted by atomic mass is 9.97. The van der Waals surface area contributed by atoms with E-state index in [1.165, 1.54) is 0 Å². The van der Waals surface area contributed by atoms with E-state index in [4.69, 9.17) is 9.26 Å². The highest BCUT2D eigenvalue weighted by Gasteiger charge is 2.38. The predicted molar refractivity (Wildman–Crippen MR) is 90.2 cm³/mol. The fraction of sp³-hybridized carbons (Fsp3) is 0.500. The van der Waals surface area contributed by atoms with E-state index in [1.807, 2.05) is 24.3 Å². The van der Waals surface area contributed by atoms with Crippen LogP contribution >= 0.6 is 0 Å². The number of aliphatic hydroxyl groups excluding tert-OH is 1. The molecule has 2 aromatic rings. The van der Waals surface area contributed by atoms with Gasteiger partial charge in [-0.2, -0.15) is 4.98 Å². The number of methoxy groups -OCH3 is 1. The molecule has 1 aromatic heterocycles. The Hall–Kier alpha value is -2.41. The normalized spacial score (nSPS) is 20.0. The standard InChI is InChI=1S/C18H23N3O4/c1-12-19-18(25-20-12)16-10-21(9-14(16)11-22)17(23)8-5-13-3-6-15(24-2)7-4-13/h3-4,6-7,14,16,22H,5,8-11H2,1-2H3/t14-,16+/m0/s1. The Morgan fingerprint density at radius 1 is 1.36 bits per heavy atom. The van der Waals surface area contributed by atoms with Crippen LogP contribution in [0.4, 0.5) is 0 Å². The second-order valence-electron chi connectivity index (χ2n) is 6.38. The summed E-state index contributed by atoms with van der Waals surface area (Å²) < 4.78 is 10.4. The predicted octanol–water partition coefficient (Wildman–Crippen LogP) is 1.55. The highest BCUT2D eigenvalue weighted by atomic mass is 16.5. The molecule has 25 heavy (non-hydrogen) atoms. The highest BCUT2D eigenvalue weighted by molar-refractivity contribution is 5.77. The van der Waals surface area contributed by atoms with Crippen molar-refractivity contribution in [2.75, 3.05) is 26.8 Å². The van der Waals surface area contributed by atoms with Gasteiger partial charge in [0.05, 0.1) is 13.0 Å². The van der Waals surface area contributed by atoms with E-state index in [2.05, 4.69) is 10.1 Å². The molecule has 134 valence electrons. The molecular formula is C18H23N3O4. The van der Waals surface area contributed by atoms with Gasteiger partial charge in [0.25, 0.3) is 0 Å². The Morgan fingerprint density at radius 2 is 2.12 bits per heavy atom. The van der Waals surface area contributed by atoms with E-state index >= 15 is 0 Å². The van der Waals surface area contributed by atoms with Gasteiger partial charge in [-0.25, -0.2) is 0 Å². The monoisotopic (exact) mass is 345 g/mol. The summed E-state index contributed by atoms with van der Waals surface area (Å²) >= 11 is 0. The number of ether oxygens (including phenoxy) is 1. The van der Waals surface area contributed by atoms with Crippen LogP contribution in [0.2, 0.25) is 0 Å². The number of aliphatic hydroxyl groups is 1. The van der Waals surface area contributed by atoms with Crippen LogP contribution in [0.1, 0.15) is 29.6 Å². The van der Waals surface area contributed by atoms with Crippen molar-refractivity contribution in [1.82, 2.24) is 15.0 Å².